The molecule has 5 heteroatoms. The van der Waals surface area contributed by atoms with Crippen LogP contribution in [0.15, 0.2) is 36.5 Å². The topological polar surface area (TPSA) is 63.4 Å². The molecule has 0 spiro atoms. The number of nitro groups is 1. The van der Waals surface area contributed by atoms with E-state index in [9.17, 15) is 14.9 Å². The van der Waals surface area contributed by atoms with E-state index in [-0.39, 0.29) is 23.4 Å². The molecule has 0 aliphatic carbocycles. The van der Waals surface area contributed by atoms with Crippen LogP contribution < -0.4 is 0 Å². The zero-order valence-corrected chi connectivity index (χ0v) is 9.86. The number of rotatable bonds is 4. The maximum absolute atomic E-state index is 11.6. The highest BCUT2D eigenvalue weighted by atomic mass is 16.6. The van der Waals surface area contributed by atoms with E-state index in [1.54, 1.807) is 12.3 Å². The van der Waals surface area contributed by atoms with Crippen LogP contribution in [0, 0.1) is 10.1 Å². The number of benzene rings is 1. The monoisotopic (exact) mass is 246 g/mol. The third-order valence-electron chi connectivity index (χ3n) is 2.96. The summed E-state index contributed by atoms with van der Waals surface area (Å²) in [5.41, 5.74) is 0.969. The highest BCUT2D eigenvalue weighted by Crippen LogP contribution is 2.20. The van der Waals surface area contributed by atoms with Crippen LogP contribution in [0.5, 0.6) is 0 Å². The van der Waals surface area contributed by atoms with Gasteiger partial charge in [-0.2, -0.15) is 0 Å². The van der Waals surface area contributed by atoms with E-state index in [4.69, 9.17) is 0 Å². The fourth-order valence-electron chi connectivity index (χ4n) is 2.05. The van der Waals surface area contributed by atoms with E-state index in [0.717, 1.165) is 5.56 Å². The van der Waals surface area contributed by atoms with Crippen LogP contribution in [-0.2, 0) is 4.79 Å². The summed E-state index contributed by atoms with van der Waals surface area (Å²) in [6.07, 6.45) is 4.39. The van der Waals surface area contributed by atoms with Gasteiger partial charge in [0.15, 0.2) is 0 Å². The minimum Gasteiger partial charge on any atom is -0.309 e. The lowest BCUT2D eigenvalue weighted by atomic mass is 10.2. The van der Waals surface area contributed by atoms with Crippen LogP contribution in [0.1, 0.15) is 18.4 Å². The number of nitrogens with zero attached hydrogens (tertiary/aromatic N) is 2. The first-order valence-corrected chi connectivity index (χ1v) is 5.83. The molecular formula is C13H14N2O3. The number of hydrogen-bond acceptors (Lipinski definition) is 3. The van der Waals surface area contributed by atoms with Crippen molar-refractivity contribution in [3.63, 3.8) is 0 Å². The maximum Gasteiger partial charge on any atom is 0.227 e. The third kappa shape index (κ3) is 2.94. The van der Waals surface area contributed by atoms with Gasteiger partial charge in [0, 0.05) is 17.5 Å². The molecule has 0 radical (unpaired) electrons. The minimum atomic E-state index is -0.368. The number of carbonyl (C=O) groups excluding carboxylic acids is 1. The molecule has 18 heavy (non-hydrogen) atoms. The summed E-state index contributed by atoms with van der Waals surface area (Å²) in [5, 5.41) is 10.5. The molecule has 1 saturated heterocycles. The van der Waals surface area contributed by atoms with E-state index in [1.165, 1.54) is 4.90 Å². The third-order valence-corrected chi connectivity index (χ3v) is 2.96. The Kier molecular flexibility index (Phi) is 3.72. The Labute approximate surface area is 105 Å². The predicted octanol–water partition coefficient (Wildman–Crippen LogP) is 1.93. The van der Waals surface area contributed by atoms with Crippen LogP contribution in [0.4, 0.5) is 0 Å². The standard InChI is InChI=1S/C13H14N2O3/c16-13-7-6-12(10-15(17)18)14(13)9-8-11-4-2-1-3-5-11/h1-5,8-9,12H,6-7,10H2/b9-8+. The summed E-state index contributed by atoms with van der Waals surface area (Å²) in [6, 6.07) is 9.24. The fraction of sp³-hybridized carbons (Fsp3) is 0.308. The lowest BCUT2D eigenvalue weighted by Gasteiger charge is -2.17. The van der Waals surface area contributed by atoms with Crippen molar-refractivity contribution in [2.24, 2.45) is 0 Å². The van der Waals surface area contributed by atoms with E-state index in [0.29, 0.717) is 12.8 Å². The van der Waals surface area contributed by atoms with Gasteiger partial charge in [0.25, 0.3) is 0 Å². The van der Waals surface area contributed by atoms with Gasteiger partial charge in [0.1, 0.15) is 6.04 Å². The molecule has 1 amide bonds. The number of likely N-dealkylation sites (tertiary alicyclic amines) is 1. The van der Waals surface area contributed by atoms with Crippen LogP contribution in [0.2, 0.25) is 0 Å². The Morgan fingerprint density at radius 1 is 1.39 bits per heavy atom. The van der Waals surface area contributed by atoms with Gasteiger partial charge in [0.2, 0.25) is 12.5 Å². The second kappa shape index (κ2) is 5.44. The zero-order valence-electron chi connectivity index (χ0n) is 9.86. The molecule has 1 fully saturated rings. The second-order valence-corrected chi connectivity index (χ2v) is 4.24. The van der Waals surface area contributed by atoms with Gasteiger partial charge in [-0.15, -0.1) is 0 Å². The van der Waals surface area contributed by atoms with Crippen molar-refractivity contribution in [1.82, 2.24) is 4.90 Å². The molecule has 1 atom stereocenters. The Hall–Kier alpha value is -2.17. The predicted molar refractivity (Wildman–Crippen MR) is 67.2 cm³/mol. The zero-order chi connectivity index (χ0) is 13.0. The van der Waals surface area contributed by atoms with E-state index >= 15 is 0 Å². The Morgan fingerprint density at radius 3 is 2.78 bits per heavy atom. The van der Waals surface area contributed by atoms with Crippen molar-refractivity contribution < 1.29 is 9.72 Å². The van der Waals surface area contributed by atoms with Crippen molar-refractivity contribution in [2.45, 2.75) is 18.9 Å². The molecule has 0 aromatic heterocycles. The molecule has 0 bridgehead atoms. The highest BCUT2D eigenvalue weighted by Gasteiger charge is 2.32. The summed E-state index contributed by atoms with van der Waals surface area (Å²) in [7, 11) is 0. The normalized spacial score (nSPS) is 19.7. The molecule has 1 heterocycles. The van der Waals surface area contributed by atoms with Gasteiger partial charge in [-0.3, -0.25) is 14.9 Å². The Balaban J connectivity index is 2.08. The molecule has 94 valence electrons. The van der Waals surface area contributed by atoms with Gasteiger partial charge >= 0.3 is 0 Å². The summed E-state index contributed by atoms with van der Waals surface area (Å²) in [6.45, 7) is -0.190. The summed E-state index contributed by atoms with van der Waals surface area (Å²) in [4.78, 5) is 23.3. The van der Waals surface area contributed by atoms with Crippen molar-refractivity contribution >= 4 is 12.0 Å². The second-order valence-electron chi connectivity index (χ2n) is 4.24. The summed E-state index contributed by atoms with van der Waals surface area (Å²) in [5.74, 6) is -0.0472. The SMILES string of the molecule is O=C1CCC(C[N+](=O)[O-])N1/C=C/c1ccccc1. The first-order chi connectivity index (χ1) is 8.66. The lowest BCUT2D eigenvalue weighted by molar-refractivity contribution is -0.485. The number of hydrogen-bond donors (Lipinski definition) is 0. The summed E-state index contributed by atoms with van der Waals surface area (Å²) >= 11 is 0. The first-order valence-electron chi connectivity index (χ1n) is 5.83. The molecule has 5 nitrogen and oxygen atoms in total. The van der Waals surface area contributed by atoms with Crippen molar-refractivity contribution in [3.8, 4) is 0 Å². The number of amides is 1. The maximum atomic E-state index is 11.6. The van der Waals surface area contributed by atoms with E-state index in [1.807, 2.05) is 30.3 Å². The quantitative estimate of drug-likeness (QED) is 0.602. The lowest BCUT2D eigenvalue weighted by Crippen LogP contribution is -2.33. The summed E-state index contributed by atoms with van der Waals surface area (Å²) < 4.78 is 0. The smallest absolute Gasteiger partial charge is 0.227 e. The van der Waals surface area contributed by atoms with Crippen LogP contribution in [0.3, 0.4) is 0 Å². The average molecular weight is 246 g/mol. The van der Waals surface area contributed by atoms with Gasteiger partial charge in [-0.05, 0) is 18.1 Å². The molecule has 1 aliphatic heterocycles. The van der Waals surface area contributed by atoms with Crippen LogP contribution in [0.25, 0.3) is 6.08 Å². The fourth-order valence-corrected chi connectivity index (χ4v) is 2.05. The molecule has 0 saturated carbocycles. The van der Waals surface area contributed by atoms with Crippen LogP contribution >= 0.6 is 0 Å². The molecule has 2 rings (SSSR count). The van der Waals surface area contributed by atoms with Crippen molar-refractivity contribution in [3.05, 3.63) is 52.2 Å². The molecule has 1 unspecified atom stereocenters. The highest BCUT2D eigenvalue weighted by molar-refractivity contribution is 5.80. The average Bonchev–Trinajstić information content (AvgIpc) is 2.68. The Morgan fingerprint density at radius 2 is 2.11 bits per heavy atom. The van der Waals surface area contributed by atoms with E-state index in [2.05, 4.69) is 0 Å². The van der Waals surface area contributed by atoms with Gasteiger partial charge in [-0.1, -0.05) is 30.3 Å². The van der Waals surface area contributed by atoms with Crippen LogP contribution in [-0.4, -0.2) is 28.3 Å². The van der Waals surface area contributed by atoms with Gasteiger partial charge < -0.3 is 4.90 Å². The van der Waals surface area contributed by atoms with E-state index < -0.39 is 0 Å². The van der Waals surface area contributed by atoms with Crippen molar-refractivity contribution in [1.29, 1.82) is 0 Å². The molecular weight excluding hydrogens is 232 g/mol. The first kappa shape index (κ1) is 12.3. The van der Waals surface area contributed by atoms with Gasteiger partial charge in [-0.25, -0.2) is 0 Å². The molecule has 0 N–H and O–H groups in total. The Bertz CT molecular complexity index is 470. The van der Waals surface area contributed by atoms with Crippen molar-refractivity contribution in [2.75, 3.05) is 6.54 Å². The largest absolute Gasteiger partial charge is 0.309 e. The number of carbonyl (C=O) groups is 1. The molecule has 1 aromatic carbocycles. The molecule has 1 aromatic rings. The van der Waals surface area contributed by atoms with Gasteiger partial charge in [0.05, 0.1) is 0 Å². The minimum absolute atomic E-state index is 0.0472. The molecule has 1 aliphatic rings.